The maximum Gasteiger partial charge on any atom is 0.411 e. The van der Waals surface area contributed by atoms with Crippen molar-refractivity contribution in [1.29, 1.82) is 0 Å². The molecular weight excluding hydrogens is 316 g/mol. The monoisotopic (exact) mass is 334 g/mol. The largest absolute Gasteiger partial charge is 0.450 e. The fraction of sp³-hybridized carbons (Fsp3) is 0.333. The molecule has 24 heavy (non-hydrogen) atoms. The average Bonchev–Trinajstić information content (AvgIpc) is 3.36. The molecule has 1 aromatic rings. The first-order valence-electron chi connectivity index (χ1n) is 7.44. The van der Waals surface area contributed by atoms with Crippen LogP contribution in [0.25, 0.3) is 0 Å². The molecule has 0 aliphatic heterocycles. The molecule has 1 fully saturated rings. The van der Waals surface area contributed by atoms with Crippen LogP contribution in [0.1, 0.15) is 30.1 Å². The third-order valence-corrected chi connectivity index (χ3v) is 3.05. The van der Waals surface area contributed by atoms with Gasteiger partial charge in [0.15, 0.2) is 0 Å². The summed E-state index contributed by atoms with van der Waals surface area (Å²) in [7, 11) is 0. The van der Waals surface area contributed by atoms with Gasteiger partial charge in [0.1, 0.15) is 0 Å². The molecule has 0 radical (unpaired) electrons. The average molecular weight is 334 g/mol. The molecule has 4 amide bonds. The van der Waals surface area contributed by atoms with Crippen LogP contribution in [0.3, 0.4) is 0 Å². The van der Waals surface area contributed by atoms with Crippen LogP contribution in [-0.2, 0) is 14.3 Å². The van der Waals surface area contributed by atoms with E-state index in [1.807, 2.05) is 5.43 Å². The molecule has 9 heteroatoms. The minimum Gasteiger partial charge on any atom is -0.450 e. The van der Waals surface area contributed by atoms with E-state index < -0.39 is 23.8 Å². The van der Waals surface area contributed by atoms with Crippen molar-refractivity contribution in [3.8, 4) is 0 Å². The first kappa shape index (κ1) is 17.3. The molecule has 0 bridgehead atoms. The fourth-order valence-electron chi connectivity index (χ4n) is 1.74. The molecule has 9 nitrogen and oxygen atoms in total. The van der Waals surface area contributed by atoms with E-state index in [-0.39, 0.29) is 18.2 Å². The summed E-state index contributed by atoms with van der Waals surface area (Å²) in [5, 5.41) is 4.95. The molecule has 0 unspecified atom stereocenters. The Labute approximate surface area is 138 Å². The Morgan fingerprint density at radius 3 is 2.54 bits per heavy atom. The number of ether oxygens (including phenoxy) is 1. The number of benzene rings is 1. The molecule has 0 spiro atoms. The van der Waals surface area contributed by atoms with Gasteiger partial charge in [0.25, 0.3) is 5.91 Å². The van der Waals surface area contributed by atoms with Crippen LogP contribution in [0.15, 0.2) is 24.3 Å². The summed E-state index contributed by atoms with van der Waals surface area (Å²) in [6.07, 6.45) is 1.07. The Balaban J connectivity index is 1.86. The molecule has 1 aromatic carbocycles. The molecule has 0 heterocycles. The normalized spacial score (nSPS) is 12.7. The van der Waals surface area contributed by atoms with Gasteiger partial charge < -0.3 is 10.1 Å². The maximum atomic E-state index is 12.0. The summed E-state index contributed by atoms with van der Waals surface area (Å²) in [4.78, 5) is 46.3. The number of hydrazine groups is 1. The van der Waals surface area contributed by atoms with E-state index in [1.165, 1.54) is 12.1 Å². The van der Waals surface area contributed by atoms with Gasteiger partial charge in [-0.05, 0) is 38.0 Å². The Kier molecular flexibility index (Phi) is 5.72. The third-order valence-electron chi connectivity index (χ3n) is 3.05. The second kappa shape index (κ2) is 7.95. The summed E-state index contributed by atoms with van der Waals surface area (Å²) in [5.74, 6) is -2.37. The van der Waals surface area contributed by atoms with E-state index in [4.69, 9.17) is 4.74 Å². The van der Waals surface area contributed by atoms with Gasteiger partial charge in [-0.2, -0.15) is 0 Å². The molecule has 1 saturated carbocycles. The van der Waals surface area contributed by atoms with Gasteiger partial charge >= 0.3 is 17.9 Å². The van der Waals surface area contributed by atoms with Gasteiger partial charge in [0, 0.05) is 17.3 Å². The maximum absolute atomic E-state index is 12.0. The van der Waals surface area contributed by atoms with Crippen LogP contribution < -0.4 is 21.5 Å². The highest BCUT2D eigenvalue weighted by Gasteiger charge is 2.26. The Bertz CT molecular complexity index is 657. The second-order valence-corrected chi connectivity index (χ2v) is 5.08. The Hall–Kier alpha value is -3.10. The van der Waals surface area contributed by atoms with Gasteiger partial charge in [-0.1, -0.05) is 6.07 Å². The molecule has 0 saturated heterocycles. The zero-order valence-electron chi connectivity index (χ0n) is 13.0. The van der Waals surface area contributed by atoms with Gasteiger partial charge in [-0.15, -0.1) is 0 Å². The van der Waals surface area contributed by atoms with Crippen molar-refractivity contribution in [2.45, 2.75) is 25.8 Å². The highest BCUT2D eigenvalue weighted by molar-refractivity contribution is 6.35. The van der Waals surface area contributed by atoms with E-state index in [0.717, 1.165) is 12.8 Å². The standard InChI is InChI=1S/C15H18N4O5/c1-2-24-15(23)17-11-5-3-4-9(8-11)12(20)18-19-14(22)13(21)16-10-6-7-10/h3-5,8,10H,2,6-7H2,1H3,(H,16,21)(H,17,23)(H,18,20)(H,19,22). The predicted molar refractivity (Wildman–Crippen MR) is 83.9 cm³/mol. The lowest BCUT2D eigenvalue weighted by molar-refractivity contribution is -0.139. The van der Waals surface area contributed by atoms with Crippen molar-refractivity contribution in [2.24, 2.45) is 0 Å². The quantitative estimate of drug-likeness (QED) is 0.465. The molecule has 1 aliphatic carbocycles. The first-order chi connectivity index (χ1) is 11.5. The highest BCUT2D eigenvalue weighted by Crippen LogP contribution is 2.18. The molecule has 4 N–H and O–H groups in total. The van der Waals surface area contributed by atoms with Crippen LogP contribution >= 0.6 is 0 Å². The number of carbonyl (C=O) groups excluding carboxylic acids is 4. The van der Waals surface area contributed by atoms with Crippen molar-refractivity contribution >= 4 is 29.5 Å². The van der Waals surface area contributed by atoms with Crippen LogP contribution in [-0.4, -0.2) is 36.5 Å². The number of rotatable bonds is 4. The number of hydrogen-bond acceptors (Lipinski definition) is 5. The van der Waals surface area contributed by atoms with Gasteiger partial charge in [-0.25, -0.2) is 4.79 Å². The molecule has 128 valence electrons. The second-order valence-electron chi connectivity index (χ2n) is 5.08. The van der Waals surface area contributed by atoms with Crippen LogP contribution in [0, 0.1) is 0 Å². The first-order valence-corrected chi connectivity index (χ1v) is 7.44. The summed E-state index contributed by atoms with van der Waals surface area (Å²) in [6.45, 7) is 1.90. The van der Waals surface area contributed by atoms with Crippen molar-refractivity contribution in [3.63, 3.8) is 0 Å². The minimum atomic E-state index is -0.948. The lowest BCUT2D eigenvalue weighted by atomic mass is 10.2. The predicted octanol–water partition coefficient (Wildman–Crippen LogP) is 0.295. The lowest BCUT2D eigenvalue weighted by Gasteiger charge is -2.09. The number of amides is 4. The van der Waals surface area contributed by atoms with E-state index in [0.29, 0.717) is 5.69 Å². The van der Waals surface area contributed by atoms with Crippen molar-refractivity contribution in [3.05, 3.63) is 29.8 Å². The van der Waals surface area contributed by atoms with Gasteiger partial charge in [-0.3, -0.25) is 30.6 Å². The zero-order chi connectivity index (χ0) is 17.5. The number of carbonyl (C=O) groups is 4. The van der Waals surface area contributed by atoms with Crippen molar-refractivity contribution < 1.29 is 23.9 Å². The molecule has 0 aromatic heterocycles. The third kappa shape index (κ3) is 5.27. The summed E-state index contributed by atoms with van der Waals surface area (Å²) in [6, 6.07) is 6.07. The Morgan fingerprint density at radius 1 is 1.12 bits per heavy atom. The summed E-state index contributed by atoms with van der Waals surface area (Å²) < 4.78 is 4.74. The Morgan fingerprint density at radius 2 is 1.88 bits per heavy atom. The minimum absolute atomic E-state index is 0.0459. The molecule has 0 atom stereocenters. The molecule has 2 rings (SSSR count). The lowest BCUT2D eigenvalue weighted by Crippen LogP contribution is -2.49. The van der Waals surface area contributed by atoms with E-state index >= 15 is 0 Å². The SMILES string of the molecule is CCOC(=O)Nc1cccc(C(=O)NNC(=O)C(=O)NC2CC2)c1. The van der Waals surface area contributed by atoms with Gasteiger partial charge in [0.05, 0.1) is 6.61 Å². The highest BCUT2D eigenvalue weighted by atomic mass is 16.5. The number of anilines is 1. The van der Waals surface area contributed by atoms with Crippen molar-refractivity contribution in [2.75, 3.05) is 11.9 Å². The topological polar surface area (TPSA) is 126 Å². The van der Waals surface area contributed by atoms with Crippen molar-refractivity contribution in [1.82, 2.24) is 16.2 Å². The number of nitrogens with one attached hydrogen (secondary N) is 4. The fourth-order valence-corrected chi connectivity index (χ4v) is 1.74. The van der Waals surface area contributed by atoms with Crippen LogP contribution in [0.2, 0.25) is 0 Å². The summed E-state index contributed by atoms with van der Waals surface area (Å²) in [5.41, 5.74) is 4.71. The molecule has 1 aliphatic rings. The van der Waals surface area contributed by atoms with Gasteiger partial charge in [0.2, 0.25) is 0 Å². The smallest absolute Gasteiger partial charge is 0.411 e. The van der Waals surface area contributed by atoms with E-state index in [1.54, 1.807) is 19.1 Å². The summed E-state index contributed by atoms with van der Waals surface area (Å²) >= 11 is 0. The van der Waals surface area contributed by atoms with E-state index in [2.05, 4.69) is 16.1 Å². The van der Waals surface area contributed by atoms with Crippen LogP contribution in [0.4, 0.5) is 10.5 Å². The number of hydrogen-bond donors (Lipinski definition) is 4. The zero-order valence-corrected chi connectivity index (χ0v) is 13.0. The molecular formula is C15H18N4O5. The van der Waals surface area contributed by atoms with E-state index in [9.17, 15) is 19.2 Å². The van der Waals surface area contributed by atoms with Crippen LogP contribution in [0.5, 0.6) is 0 Å².